The summed E-state index contributed by atoms with van der Waals surface area (Å²) < 4.78 is 10.3. The number of nitrogens with one attached hydrogen (secondary N) is 2. The zero-order valence-corrected chi connectivity index (χ0v) is 14.3. The Morgan fingerprint density at radius 1 is 1.08 bits per heavy atom. The molecule has 0 aliphatic carbocycles. The maximum Gasteiger partial charge on any atom is 0.329 e. The Labute approximate surface area is 149 Å². The van der Waals surface area contributed by atoms with Crippen molar-refractivity contribution >= 4 is 35.3 Å². The lowest BCUT2D eigenvalue weighted by atomic mass is 10.2. The number of para-hydroxylation sites is 1. The molecule has 2 rings (SSSR count). The van der Waals surface area contributed by atoms with Crippen molar-refractivity contribution in [3.63, 3.8) is 0 Å². The number of nitrogens with zero attached hydrogens (tertiary/aromatic N) is 1. The number of rotatable bonds is 5. The highest BCUT2D eigenvalue weighted by Gasteiger charge is 2.14. The van der Waals surface area contributed by atoms with E-state index in [1.54, 1.807) is 42.5 Å². The smallest absolute Gasteiger partial charge is 0.329 e. The predicted octanol–water partition coefficient (Wildman–Crippen LogP) is 2.45. The van der Waals surface area contributed by atoms with Crippen LogP contribution in [0.15, 0.2) is 47.6 Å². The van der Waals surface area contributed by atoms with Crippen LogP contribution in [-0.4, -0.2) is 32.2 Å². The van der Waals surface area contributed by atoms with Crippen molar-refractivity contribution in [2.45, 2.75) is 0 Å². The molecule has 0 heterocycles. The molecule has 25 heavy (non-hydrogen) atoms. The number of amides is 2. The first-order valence-electron chi connectivity index (χ1n) is 7.16. The number of halogens is 1. The number of methoxy groups -OCH3 is 2. The van der Waals surface area contributed by atoms with Crippen LogP contribution in [0.2, 0.25) is 5.02 Å². The third-order valence-corrected chi connectivity index (χ3v) is 3.46. The number of anilines is 1. The molecular formula is C17H16ClN3O4. The summed E-state index contributed by atoms with van der Waals surface area (Å²) in [5.41, 5.74) is 3.05. The van der Waals surface area contributed by atoms with Gasteiger partial charge in [-0.15, -0.1) is 0 Å². The fourth-order valence-electron chi connectivity index (χ4n) is 1.89. The normalized spacial score (nSPS) is 10.4. The van der Waals surface area contributed by atoms with Crippen LogP contribution in [0, 0.1) is 0 Å². The Hall–Kier alpha value is -3.06. The van der Waals surface area contributed by atoms with Gasteiger partial charge in [-0.25, -0.2) is 5.43 Å². The maximum absolute atomic E-state index is 11.8. The highest BCUT2D eigenvalue weighted by molar-refractivity contribution is 6.41. The van der Waals surface area contributed by atoms with Crippen LogP contribution in [0.3, 0.4) is 0 Å². The summed E-state index contributed by atoms with van der Waals surface area (Å²) in [5, 5.41) is 6.48. The number of hydrogen-bond acceptors (Lipinski definition) is 5. The fraction of sp³-hybridized carbons (Fsp3) is 0.118. The summed E-state index contributed by atoms with van der Waals surface area (Å²) in [4.78, 5) is 23.6. The van der Waals surface area contributed by atoms with Crippen molar-refractivity contribution in [2.24, 2.45) is 5.10 Å². The van der Waals surface area contributed by atoms with Crippen LogP contribution in [0.25, 0.3) is 0 Å². The molecular weight excluding hydrogens is 346 g/mol. The zero-order valence-electron chi connectivity index (χ0n) is 13.6. The van der Waals surface area contributed by atoms with Gasteiger partial charge in [0.1, 0.15) is 11.5 Å². The van der Waals surface area contributed by atoms with Gasteiger partial charge in [-0.3, -0.25) is 9.59 Å². The van der Waals surface area contributed by atoms with E-state index in [1.165, 1.54) is 20.4 Å². The topological polar surface area (TPSA) is 89.0 Å². The first kappa shape index (κ1) is 18.3. The van der Waals surface area contributed by atoms with Crippen molar-refractivity contribution in [1.29, 1.82) is 0 Å². The number of carbonyl (C=O) groups excluding carboxylic acids is 2. The Bertz CT molecular complexity index is 808. The molecule has 0 aliphatic heterocycles. The van der Waals surface area contributed by atoms with E-state index < -0.39 is 11.8 Å². The predicted molar refractivity (Wildman–Crippen MR) is 95.4 cm³/mol. The first-order chi connectivity index (χ1) is 12.0. The van der Waals surface area contributed by atoms with Crippen LogP contribution >= 0.6 is 11.6 Å². The standard InChI is InChI=1S/C17H16ClN3O4/c1-24-12-7-8-15(25-2)11(9-12)10-19-21-17(23)16(22)20-14-6-4-3-5-13(14)18/h3-10H,1-2H3,(H,20,22)(H,21,23)/b19-10+. The SMILES string of the molecule is COc1ccc(OC)c(/C=N/NC(=O)C(=O)Nc2ccccc2Cl)c1. The Morgan fingerprint density at radius 2 is 1.84 bits per heavy atom. The molecule has 0 saturated heterocycles. The van der Waals surface area contributed by atoms with Crippen LogP contribution in [0.1, 0.15) is 5.56 Å². The first-order valence-corrected chi connectivity index (χ1v) is 7.54. The summed E-state index contributed by atoms with van der Waals surface area (Å²) in [6, 6.07) is 11.7. The Balaban J connectivity index is 2.00. The number of hydrogen-bond donors (Lipinski definition) is 2. The van der Waals surface area contributed by atoms with Crippen molar-refractivity contribution in [3.05, 3.63) is 53.1 Å². The van der Waals surface area contributed by atoms with Crippen molar-refractivity contribution < 1.29 is 19.1 Å². The van der Waals surface area contributed by atoms with Crippen LogP contribution in [0.5, 0.6) is 11.5 Å². The average molecular weight is 362 g/mol. The van der Waals surface area contributed by atoms with Gasteiger partial charge in [0.2, 0.25) is 0 Å². The van der Waals surface area contributed by atoms with Gasteiger partial charge in [0, 0.05) is 5.56 Å². The highest BCUT2D eigenvalue weighted by atomic mass is 35.5. The Kier molecular flexibility index (Phi) is 6.36. The summed E-state index contributed by atoms with van der Waals surface area (Å²) in [7, 11) is 3.04. The van der Waals surface area contributed by atoms with Gasteiger partial charge in [-0.1, -0.05) is 23.7 Å². The largest absolute Gasteiger partial charge is 0.497 e. The molecule has 0 radical (unpaired) electrons. The van der Waals surface area contributed by atoms with Gasteiger partial charge in [0.15, 0.2) is 0 Å². The second-order valence-corrected chi connectivity index (χ2v) is 5.15. The minimum atomic E-state index is -0.932. The third-order valence-electron chi connectivity index (χ3n) is 3.13. The van der Waals surface area contributed by atoms with E-state index in [9.17, 15) is 9.59 Å². The van der Waals surface area contributed by atoms with Gasteiger partial charge < -0.3 is 14.8 Å². The van der Waals surface area contributed by atoms with Crippen LogP contribution < -0.4 is 20.2 Å². The molecule has 0 bridgehead atoms. The zero-order chi connectivity index (χ0) is 18.2. The van der Waals surface area contributed by atoms with E-state index in [4.69, 9.17) is 21.1 Å². The summed E-state index contributed by atoms with van der Waals surface area (Å²) >= 11 is 5.92. The minimum absolute atomic E-state index is 0.327. The number of hydrazone groups is 1. The van der Waals surface area contributed by atoms with E-state index in [1.807, 2.05) is 0 Å². The van der Waals surface area contributed by atoms with E-state index in [0.717, 1.165) is 0 Å². The molecule has 0 aliphatic rings. The summed E-state index contributed by atoms with van der Waals surface area (Å²) in [5.74, 6) is -0.676. The summed E-state index contributed by atoms with van der Waals surface area (Å²) in [6.07, 6.45) is 1.35. The van der Waals surface area contributed by atoms with Crippen molar-refractivity contribution in [1.82, 2.24) is 5.43 Å². The van der Waals surface area contributed by atoms with Gasteiger partial charge in [0.05, 0.1) is 31.1 Å². The second kappa shape index (κ2) is 8.70. The highest BCUT2D eigenvalue weighted by Crippen LogP contribution is 2.22. The lowest BCUT2D eigenvalue weighted by Crippen LogP contribution is -2.32. The molecule has 0 aromatic heterocycles. The quantitative estimate of drug-likeness (QED) is 0.486. The van der Waals surface area contributed by atoms with Gasteiger partial charge in [0.25, 0.3) is 0 Å². The lowest BCUT2D eigenvalue weighted by Gasteiger charge is -2.07. The van der Waals surface area contributed by atoms with E-state index in [-0.39, 0.29) is 0 Å². The lowest BCUT2D eigenvalue weighted by molar-refractivity contribution is -0.136. The number of benzene rings is 2. The average Bonchev–Trinajstić information content (AvgIpc) is 2.63. The van der Waals surface area contributed by atoms with Gasteiger partial charge in [-0.05, 0) is 30.3 Å². The monoisotopic (exact) mass is 361 g/mol. The second-order valence-electron chi connectivity index (χ2n) is 4.74. The van der Waals surface area contributed by atoms with Gasteiger partial charge in [-0.2, -0.15) is 5.10 Å². The van der Waals surface area contributed by atoms with Gasteiger partial charge >= 0.3 is 11.8 Å². The van der Waals surface area contributed by atoms with E-state index in [2.05, 4.69) is 15.8 Å². The minimum Gasteiger partial charge on any atom is -0.497 e. The molecule has 2 aromatic rings. The molecule has 7 nitrogen and oxygen atoms in total. The molecule has 2 N–H and O–H groups in total. The van der Waals surface area contributed by atoms with E-state index >= 15 is 0 Å². The van der Waals surface area contributed by atoms with Crippen LogP contribution in [-0.2, 0) is 9.59 Å². The maximum atomic E-state index is 11.8. The molecule has 0 saturated carbocycles. The molecule has 0 atom stereocenters. The molecule has 2 aromatic carbocycles. The van der Waals surface area contributed by atoms with E-state index in [0.29, 0.717) is 27.8 Å². The van der Waals surface area contributed by atoms with Crippen LogP contribution in [0.4, 0.5) is 5.69 Å². The molecule has 130 valence electrons. The third kappa shape index (κ3) is 4.95. The van der Waals surface area contributed by atoms with Crippen molar-refractivity contribution in [3.8, 4) is 11.5 Å². The molecule has 2 amide bonds. The molecule has 8 heteroatoms. The number of carbonyl (C=O) groups is 2. The summed E-state index contributed by atoms with van der Waals surface area (Å²) in [6.45, 7) is 0. The molecule has 0 unspecified atom stereocenters. The fourth-order valence-corrected chi connectivity index (χ4v) is 2.08. The van der Waals surface area contributed by atoms with Crippen molar-refractivity contribution in [2.75, 3.05) is 19.5 Å². The molecule has 0 spiro atoms. The Morgan fingerprint density at radius 3 is 2.52 bits per heavy atom. The number of ether oxygens (including phenoxy) is 2. The molecule has 0 fully saturated rings.